The molecule has 0 amide bonds. The second-order valence-electron chi connectivity index (χ2n) is 4.15. The van der Waals surface area contributed by atoms with Crippen LogP contribution < -0.4 is 0 Å². The van der Waals surface area contributed by atoms with Crippen molar-refractivity contribution in [1.29, 1.82) is 0 Å². The van der Waals surface area contributed by atoms with Crippen LogP contribution in [0.4, 0.5) is 0 Å². The predicted octanol–water partition coefficient (Wildman–Crippen LogP) is 4.23. The molecule has 0 saturated heterocycles. The van der Waals surface area contributed by atoms with Crippen LogP contribution in [0.25, 0.3) is 0 Å². The van der Waals surface area contributed by atoms with Gasteiger partial charge in [-0.05, 0) is 30.2 Å². The molecule has 0 spiro atoms. The van der Waals surface area contributed by atoms with Crippen LogP contribution in [0.5, 0.6) is 0 Å². The van der Waals surface area contributed by atoms with Gasteiger partial charge in [0.1, 0.15) is 0 Å². The van der Waals surface area contributed by atoms with Gasteiger partial charge in [-0.2, -0.15) is 0 Å². The third-order valence-electron chi connectivity index (χ3n) is 2.52. The van der Waals surface area contributed by atoms with Gasteiger partial charge in [-0.3, -0.25) is 0 Å². The summed E-state index contributed by atoms with van der Waals surface area (Å²) in [5.41, 5.74) is 1.50. The molecule has 0 nitrogen and oxygen atoms in total. The molecule has 1 aromatic carbocycles. The highest BCUT2D eigenvalue weighted by Gasteiger charge is 2.09. The highest BCUT2D eigenvalue weighted by atomic mass is 14.1. The van der Waals surface area contributed by atoms with E-state index in [0.717, 1.165) is 11.8 Å². The lowest BCUT2D eigenvalue weighted by Crippen LogP contribution is -2.01. The van der Waals surface area contributed by atoms with E-state index in [2.05, 4.69) is 51.1 Å². The summed E-state index contributed by atoms with van der Waals surface area (Å²) in [4.78, 5) is 0. The van der Waals surface area contributed by atoms with Gasteiger partial charge in [-0.15, -0.1) is 0 Å². The second kappa shape index (κ2) is 5.06. The van der Waals surface area contributed by atoms with E-state index in [1.807, 2.05) is 0 Å². The lowest BCUT2D eigenvalue weighted by Gasteiger charge is -2.17. The van der Waals surface area contributed by atoms with Crippen LogP contribution in [-0.2, 0) is 0 Å². The molecule has 0 radical (unpaired) electrons. The van der Waals surface area contributed by atoms with Crippen molar-refractivity contribution in [2.24, 2.45) is 5.92 Å². The third kappa shape index (κ3) is 3.22. The molecule has 1 rings (SSSR count). The van der Waals surface area contributed by atoms with Crippen LogP contribution in [0.2, 0.25) is 0 Å². The zero-order valence-electron chi connectivity index (χ0n) is 8.96. The molecular formula is C13H20. The van der Waals surface area contributed by atoms with Crippen molar-refractivity contribution in [3.05, 3.63) is 35.9 Å². The molecule has 0 aromatic heterocycles. The van der Waals surface area contributed by atoms with E-state index < -0.39 is 0 Å². The number of rotatable bonds is 4. The summed E-state index contributed by atoms with van der Waals surface area (Å²) >= 11 is 0. The number of hydrogen-bond donors (Lipinski definition) is 0. The predicted molar refractivity (Wildman–Crippen MR) is 58.9 cm³/mol. The highest BCUT2D eigenvalue weighted by molar-refractivity contribution is 5.19. The zero-order valence-corrected chi connectivity index (χ0v) is 8.96. The van der Waals surface area contributed by atoms with Crippen molar-refractivity contribution >= 4 is 0 Å². The molecule has 0 fully saturated rings. The maximum atomic E-state index is 2.30. The molecule has 72 valence electrons. The SMILES string of the molecule is CCC(CC(C)C)c1ccccc1. The van der Waals surface area contributed by atoms with Gasteiger partial charge < -0.3 is 0 Å². The second-order valence-corrected chi connectivity index (χ2v) is 4.15. The molecule has 1 aromatic rings. The van der Waals surface area contributed by atoms with Gasteiger partial charge in [0.2, 0.25) is 0 Å². The van der Waals surface area contributed by atoms with Gasteiger partial charge in [0.15, 0.2) is 0 Å². The summed E-state index contributed by atoms with van der Waals surface area (Å²) in [5.74, 6) is 1.55. The Morgan fingerprint density at radius 3 is 2.15 bits per heavy atom. The van der Waals surface area contributed by atoms with Crippen molar-refractivity contribution in [3.63, 3.8) is 0 Å². The number of benzene rings is 1. The summed E-state index contributed by atoms with van der Waals surface area (Å²) in [6, 6.07) is 10.9. The first-order chi connectivity index (χ1) is 6.24. The van der Waals surface area contributed by atoms with Gasteiger partial charge in [0, 0.05) is 0 Å². The van der Waals surface area contributed by atoms with Crippen molar-refractivity contribution in [2.45, 2.75) is 39.5 Å². The zero-order chi connectivity index (χ0) is 9.68. The topological polar surface area (TPSA) is 0 Å². The summed E-state index contributed by atoms with van der Waals surface area (Å²) in [6.07, 6.45) is 2.56. The molecule has 13 heavy (non-hydrogen) atoms. The maximum absolute atomic E-state index is 2.30. The van der Waals surface area contributed by atoms with Crippen molar-refractivity contribution in [1.82, 2.24) is 0 Å². The summed E-state index contributed by atoms with van der Waals surface area (Å²) in [7, 11) is 0. The van der Waals surface area contributed by atoms with Gasteiger partial charge in [-0.25, -0.2) is 0 Å². The monoisotopic (exact) mass is 176 g/mol. The molecule has 0 aliphatic heterocycles. The Hall–Kier alpha value is -0.780. The average molecular weight is 176 g/mol. The van der Waals surface area contributed by atoms with Crippen LogP contribution in [0.1, 0.15) is 45.1 Å². The molecule has 1 unspecified atom stereocenters. The van der Waals surface area contributed by atoms with Crippen LogP contribution in [0.3, 0.4) is 0 Å². The van der Waals surface area contributed by atoms with Crippen molar-refractivity contribution in [2.75, 3.05) is 0 Å². The lowest BCUT2D eigenvalue weighted by molar-refractivity contribution is 0.489. The van der Waals surface area contributed by atoms with Crippen LogP contribution in [0, 0.1) is 5.92 Å². The van der Waals surface area contributed by atoms with E-state index in [4.69, 9.17) is 0 Å². The number of hydrogen-bond acceptors (Lipinski definition) is 0. The van der Waals surface area contributed by atoms with Gasteiger partial charge in [0.25, 0.3) is 0 Å². The van der Waals surface area contributed by atoms with Crippen molar-refractivity contribution in [3.8, 4) is 0 Å². The summed E-state index contributed by atoms with van der Waals surface area (Å²) < 4.78 is 0. The van der Waals surface area contributed by atoms with E-state index in [1.165, 1.54) is 18.4 Å². The Bertz CT molecular complexity index is 223. The Labute approximate surface area is 82.0 Å². The van der Waals surface area contributed by atoms with E-state index >= 15 is 0 Å². The van der Waals surface area contributed by atoms with Crippen LogP contribution in [-0.4, -0.2) is 0 Å². The van der Waals surface area contributed by atoms with Gasteiger partial charge in [0.05, 0.1) is 0 Å². The minimum atomic E-state index is 0.751. The minimum Gasteiger partial charge on any atom is -0.0648 e. The Balaban J connectivity index is 2.67. The van der Waals surface area contributed by atoms with Crippen LogP contribution >= 0.6 is 0 Å². The highest BCUT2D eigenvalue weighted by Crippen LogP contribution is 2.26. The molecule has 0 heterocycles. The van der Waals surface area contributed by atoms with E-state index in [1.54, 1.807) is 0 Å². The van der Waals surface area contributed by atoms with Gasteiger partial charge in [-0.1, -0.05) is 51.1 Å². The molecule has 0 saturated carbocycles. The first kappa shape index (κ1) is 10.3. The molecule has 0 aliphatic rings. The van der Waals surface area contributed by atoms with E-state index in [-0.39, 0.29) is 0 Å². The largest absolute Gasteiger partial charge is 0.0648 e. The molecular weight excluding hydrogens is 156 g/mol. The maximum Gasteiger partial charge on any atom is -0.0162 e. The normalized spacial score (nSPS) is 13.2. The van der Waals surface area contributed by atoms with Crippen molar-refractivity contribution < 1.29 is 0 Å². The fraction of sp³-hybridized carbons (Fsp3) is 0.538. The molecule has 0 bridgehead atoms. The Morgan fingerprint density at radius 2 is 1.69 bits per heavy atom. The van der Waals surface area contributed by atoms with Gasteiger partial charge >= 0.3 is 0 Å². The molecule has 0 N–H and O–H groups in total. The summed E-state index contributed by atoms with van der Waals surface area (Å²) in [5, 5.41) is 0. The first-order valence-corrected chi connectivity index (χ1v) is 5.29. The van der Waals surface area contributed by atoms with Crippen LogP contribution in [0.15, 0.2) is 30.3 Å². The smallest absolute Gasteiger partial charge is 0.0162 e. The lowest BCUT2D eigenvalue weighted by atomic mass is 9.88. The molecule has 1 atom stereocenters. The quantitative estimate of drug-likeness (QED) is 0.644. The Morgan fingerprint density at radius 1 is 1.08 bits per heavy atom. The fourth-order valence-corrected chi connectivity index (χ4v) is 1.83. The van der Waals surface area contributed by atoms with E-state index in [9.17, 15) is 0 Å². The standard InChI is InChI=1S/C13H20/c1-4-12(10-11(2)3)13-8-6-5-7-9-13/h5-9,11-12H,4,10H2,1-3H3. The molecule has 0 heteroatoms. The average Bonchev–Trinajstić information content (AvgIpc) is 2.15. The molecule has 0 aliphatic carbocycles. The minimum absolute atomic E-state index is 0.751. The first-order valence-electron chi connectivity index (χ1n) is 5.29. The third-order valence-corrected chi connectivity index (χ3v) is 2.52. The summed E-state index contributed by atoms with van der Waals surface area (Å²) in [6.45, 7) is 6.87. The van der Waals surface area contributed by atoms with E-state index in [0.29, 0.717) is 0 Å². The fourth-order valence-electron chi connectivity index (χ4n) is 1.83. The Kier molecular flexibility index (Phi) is 4.01.